The number of ether oxygens (including phenoxy) is 1. The van der Waals surface area contributed by atoms with Gasteiger partial charge in [-0.25, -0.2) is 4.79 Å². The fourth-order valence-corrected chi connectivity index (χ4v) is 2.08. The van der Waals surface area contributed by atoms with Gasteiger partial charge in [-0.15, -0.1) is 0 Å². The quantitative estimate of drug-likeness (QED) is 0.620. The number of carboxylic acids is 1. The Balaban J connectivity index is 2.84. The molecule has 0 aromatic carbocycles. The largest absolute Gasteiger partial charge is 0.479 e. The molecule has 1 aliphatic heterocycles. The van der Waals surface area contributed by atoms with Crippen molar-refractivity contribution in [2.24, 2.45) is 5.92 Å². The molecule has 0 aromatic heterocycles. The highest BCUT2D eigenvalue weighted by Crippen LogP contribution is 2.29. The van der Waals surface area contributed by atoms with Crippen molar-refractivity contribution in [1.29, 1.82) is 0 Å². The predicted molar refractivity (Wildman–Crippen MR) is 52.4 cm³/mol. The molecule has 0 amide bonds. The van der Waals surface area contributed by atoms with Crippen LogP contribution in [-0.2, 0) is 9.53 Å². The summed E-state index contributed by atoms with van der Waals surface area (Å²) in [6.07, 6.45) is -2.57. The molecule has 1 rings (SSSR count). The first-order valence-corrected chi connectivity index (χ1v) is 5.27. The highest BCUT2D eigenvalue weighted by atomic mass is 16.5. The van der Waals surface area contributed by atoms with Gasteiger partial charge in [0, 0.05) is 5.92 Å². The zero-order chi connectivity index (χ0) is 11.6. The van der Waals surface area contributed by atoms with E-state index in [1.165, 1.54) is 0 Å². The van der Waals surface area contributed by atoms with Gasteiger partial charge in [-0.05, 0) is 12.8 Å². The van der Waals surface area contributed by atoms with Crippen LogP contribution in [-0.4, -0.2) is 45.7 Å². The Hall–Kier alpha value is -0.650. The first kappa shape index (κ1) is 12.4. The summed E-state index contributed by atoms with van der Waals surface area (Å²) in [6.45, 7) is 3.63. The van der Waals surface area contributed by atoms with Crippen LogP contribution in [0.2, 0.25) is 0 Å². The molecule has 1 fully saturated rings. The summed E-state index contributed by atoms with van der Waals surface area (Å²) in [5.74, 6) is -1.60. The number of aliphatic carboxylic acids is 1. The van der Waals surface area contributed by atoms with Crippen molar-refractivity contribution in [3.63, 3.8) is 0 Å². The molecule has 0 aliphatic carbocycles. The number of hydrogen-bond donors (Lipinski definition) is 3. The van der Waals surface area contributed by atoms with Crippen molar-refractivity contribution in [2.75, 3.05) is 0 Å². The van der Waals surface area contributed by atoms with Gasteiger partial charge in [-0.2, -0.15) is 0 Å². The molecule has 0 spiro atoms. The van der Waals surface area contributed by atoms with E-state index in [2.05, 4.69) is 0 Å². The van der Waals surface area contributed by atoms with E-state index < -0.39 is 36.3 Å². The molecule has 0 saturated carbocycles. The molecule has 0 radical (unpaired) electrons. The van der Waals surface area contributed by atoms with Gasteiger partial charge >= 0.3 is 5.97 Å². The van der Waals surface area contributed by atoms with Crippen molar-refractivity contribution in [3.05, 3.63) is 0 Å². The van der Waals surface area contributed by atoms with Crippen molar-refractivity contribution in [3.8, 4) is 0 Å². The van der Waals surface area contributed by atoms with Gasteiger partial charge < -0.3 is 20.1 Å². The van der Waals surface area contributed by atoms with Crippen LogP contribution < -0.4 is 0 Å². The third-order valence-corrected chi connectivity index (χ3v) is 3.01. The van der Waals surface area contributed by atoms with Gasteiger partial charge in [-0.1, -0.05) is 13.8 Å². The minimum absolute atomic E-state index is 0.426. The number of rotatable bonds is 3. The summed E-state index contributed by atoms with van der Waals surface area (Å²) in [5, 5.41) is 28.4. The van der Waals surface area contributed by atoms with Crippen LogP contribution in [0.4, 0.5) is 0 Å². The van der Waals surface area contributed by atoms with E-state index >= 15 is 0 Å². The molecule has 1 saturated heterocycles. The molecule has 5 heteroatoms. The van der Waals surface area contributed by atoms with E-state index in [1.54, 1.807) is 0 Å². The number of aliphatic hydroxyl groups is 2. The topological polar surface area (TPSA) is 87.0 Å². The average Bonchev–Trinajstić information content (AvgIpc) is 2.18. The van der Waals surface area contributed by atoms with Crippen LogP contribution in [0.5, 0.6) is 0 Å². The Labute approximate surface area is 88.7 Å². The molecule has 1 aliphatic rings. The fraction of sp³-hybridized carbons (Fsp3) is 0.900. The molecule has 5 unspecified atom stereocenters. The first-order chi connectivity index (χ1) is 7.02. The van der Waals surface area contributed by atoms with Crippen molar-refractivity contribution < 1.29 is 24.9 Å². The molecule has 5 nitrogen and oxygen atoms in total. The molecule has 88 valence electrons. The van der Waals surface area contributed by atoms with Gasteiger partial charge in [-0.3, -0.25) is 0 Å². The molecular formula is C10H18O5. The van der Waals surface area contributed by atoms with Crippen LogP contribution in [0.25, 0.3) is 0 Å². The molecule has 0 bridgehead atoms. The van der Waals surface area contributed by atoms with Crippen molar-refractivity contribution >= 4 is 5.97 Å². The third-order valence-electron chi connectivity index (χ3n) is 3.01. The molecule has 15 heavy (non-hydrogen) atoms. The van der Waals surface area contributed by atoms with Gasteiger partial charge in [0.15, 0.2) is 6.10 Å². The van der Waals surface area contributed by atoms with E-state index in [0.29, 0.717) is 12.8 Å². The summed E-state index contributed by atoms with van der Waals surface area (Å²) >= 11 is 0. The van der Waals surface area contributed by atoms with E-state index in [1.807, 2.05) is 13.8 Å². The molecule has 5 atom stereocenters. The fourth-order valence-electron chi connectivity index (χ4n) is 2.08. The van der Waals surface area contributed by atoms with E-state index in [0.717, 1.165) is 0 Å². The lowest BCUT2D eigenvalue weighted by molar-refractivity contribution is -0.212. The van der Waals surface area contributed by atoms with Gasteiger partial charge in [0.25, 0.3) is 0 Å². The number of carboxylic acid groups (broad SMARTS) is 1. The maximum absolute atomic E-state index is 10.8. The molecule has 1 heterocycles. The predicted octanol–water partition coefficient (Wildman–Crippen LogP) is -0.00360. The lowest BCUT2D eigenvalue weighted by Gasteiger charge is -2.40. The minimum atomic E-state index is -1.22. The second kappa shape index (κ2) is 4.92. The van der Waals surface area contributed by atoms with E-state index in [9.17, 15) is 15.0 Å². The van der Waals surface area contributed by atoms with Gasteiger partial charge in [0.2, 0.25) is 0 Å². The molecule has 3 N–H and O–H groups in total. The number of aliphatic hydroxyl groups excluding tert-OH is 2. The Morgan fingerprint density at radius 1 is 1.20 bits per heavy atom. The summed E-state index contributed by atoms with van der Waals surface area (Å²) in [4.78, 5) is 10.8. The van der Waals surface area contributed by atoms with Crippen LogP contribution in [0.15, 0.2) is 0 Å². The normalized spacial score (nSPS) is 41.5. The van der Waals surface area contributed by atoms with Crippen LogP contribution in [0.3, 0.4) is 0 Å². The average molecular weight is 218 g/mol. The zero-order valence-corrected chi connectivity index (χ0v) is 8.96. The number of hydrogen-bond acceptors (Lipinski definition) is 4. The maximum atomic E-state index is 10.8. The van der Waals surface area contributed by atoms with Crippen LogP contribution >= 0.6 is 0 Å². The summed E-state index contributed by atoms with van der Waals surface area (Å²) in [6, 6.07) is 0. The molecular weight excluding hydrogens is 200 g/mol. The van der Waals surface area contributed by atoms with E-state index in [4.69, 9.17) is 9.84 Å². The SMILES string of the molecule is CCC1OC(C(=O)O)C(O)C(CC)C1O. The third kappa shape index (κ3) is 2.30. The first-order valence-electron chi connectivity index (χ1n) is 5.27. The zero-order valence-electron chi connectivity index (χ0n) is 8.96. The summed E-state index contributed by atoms with van der Waals surface area (Å²) in [5.41, 5.74) is 0. The van der Waals surface area contributed by atoms with Crippen molar-refractivity contribution in [2.45, 2.75) is 51.1 Å². The number of carbonyl (C=O) groups is 1. The monoisotopic (exact) mass is 218 g/mol. The van der Waals surface area contributed by atoms with Gasteiger partial charge in [0.1, 0.15) is 0 Å². The Bertz CT molecular complexity index is 230. The highest BCUT2D eigenvalue weighted by molar-refractivity contribution is 5.73. The Morgan fingerprint density at radius 2 is 1.80 bits per heavy atom. The second-order valence-electron chi connectivity index (χ2n) is 3.89. The lowest BCUT2D eigenvalue weighted by atomic mass is 9.83. The van der Waals surface area contributed by atoms with Crippen molar-refractivity contribution in [1.82, 2.24) is 0 Å². The summed E-state index contributed by atoms with van der Waals surface area (Å²) in [7, 11) is 0. The standard InChI is InChI=1S/C10H18O5/c1-3-5-7(11)6(4-2)15-9(8(5)12)10(13)14/h5-9,11-12H,3-4H2,1-2H3,(H,13,14). The van der Waals surface area contributed by atoms with E-state index in [-0.39, 0.29) is 0 Å². The highest BCUT2D eigenvalue weighted by Gasteiger charge is 2.45. The maximum Gasteiger partial charge on any atom is 0.335 e. The second-order valence-corrected chi connectivity index (χ2v) is 3.89. The lowest BCUT2D eigenvalue weighted by Crippen LogP contribution is -2.56. The smallest absolute Gasteiger partial charge is 0.335 e. The summed E-state index contributed by atoms with van der Waals surface area (Å²) < 4.78 is 5.15. The van der Waals surface area contributed by atoms with Crippen LogP contribution in [0.1, 0.15) is 26.7 Å². The minimum Gasteiger partial charge on any atom is -0.479 e. The van der Waals surface area contributed by atoms with Crippen LogP contribution in [0, 0.1) is 5.92 Å². The Kier molecular flexibility index (Phi) is 4.07. The Morgan fingerprint density at radius 3 is 2.20 bits per heavy atom. The molecule has 0 aromatic rings. The van der Waals surface area contributed by atoms with Gasteiger partial charge in [0.05, 0.1) is 18.3 Å².